The van der Waals surface area contributed by atoms with Crippen LogP contribution in [-0.2, 0) is 20.0 Å². The number of benzene rings is 1. The minimum absolute atomic E-state index is 0.149. The van der Waals surface area contributed by atoms with Crippen LogP contribution in [0.4, 0.5) is 10.7 Å². The average molecular weight is 327 g/mol. The number of rotatable bonds is 5. The van der Waals surface area contributed by atoms with Crippen molar-refractivity contribution in [3.8, 4) is 0 Å². The van der Waals surface area contributed by atoms with E-state index in [1.165, 1.54) is 0 Å². The topological polar surface area (TPSA) is 111 Å². The molecule has 2 N–H and O–H groups in total. The van der Waals surface area contributed by atoms with E-state index in [0.29, 0.717) is 24.0 Å². The highest BCUT2D eigenvalue weighted by molar-refractivity contribution is 5.87. The number of hydrogen-bond donors (Lipinski definition) is 2. The molecule has 0 radical (unpaired) electrons. The molecule has 0 bridgehead atoms. The van der Waals surface area contributed by atoms with Gasteiger partial charge in [0.2, 0.25) is 11.8 Å². The Balaban J connectivity index is 1.50. The Labute approximate surface area is 138 Å². The van der Waals surface area contributed by atoms with Crippen molar-refractivity contribution in [2.45, 2.75) is 19.9 Å². The van der Waals surface area contributed by atoms with Crippen molar-refractivity contribution >= 4 is 12.0 Å². The lowest BCUT2D eigenvalue weighted by Crippen LogP contribution is -2.29. The number of nitrogens with one attached hydrogen (secondary N) is 2. The van der Waals surface area contributed by atoms with Gasteiger partial charge in [0.05, 0.1) is 13.0 Å². The predicted octanol–water partition coefficient (Wildman–Crippen LogP) is 1.42. The molecule has 24 heavy (non-hydrogen) atoms. The quantitative estimate of drug-likeness (QED) is 0.733. The van der Waals surface area contributed by atoms with Crippen LogP contribution in [0.1, 0.15) is 23.1 Å². The molecule has 2 aromatic heterocycles. The van der Waals surface area contributed by atoms with Crippen molar-refractivity contribution < 1.29 is 9.32 Å². The lowest BCUT2D eigenvalue weighted by Gasteiger charge is -2.01. The summed E-state index contributed by atoms with van der Waals surface area (Å²) in [6.45, 7) is 1.94. The Bertz CT molecular complexity index is 806. The monoisotopic (exact) mass is 327 g/mol. The molecule has 0 atom stereocenters. The van der Waals surface area contributed by atoms with E-state index < -0.39 is 6.03 Å². The number of anilines is 1. The van der Waals surface area contributed by atoms with Crippen LogP contribution in [0.5, 0.6) is 0 Å². The zero-order valence-corrected chi connectivity index (χ0v) is 13.4. The van der Waals surface area contributed by atoms with Gasteiger partial charge in [-0.25, -0.2) is 4.79 Å². The van der Waals surface area contributed by atoms with Gasteiger partial charge in [-0.1, -0.05) is 35.5 Å². The average Bonchev–Trinajstić information content (AvgIpc) is 3.13. The smallest absolute Gasteiger partial charge is 0.322 e. The highest BCUT2D eigenvalue weighted by Gasteiger charge is 2.10. The number of carbonyl (C=O) groups excluding carboxylic acids is 1. The first kappa shape index (κ1) is 15.7. The number of amides is 2. The van der Waals surface area contributed by atoms with Gasteiger partial charge in [0.25, 0.3) is 0 Å². The molecule has 124 valence electrons. The summed E-state index contributed by atoms with van der Waals surface area (Å²) in [4.78, 5) is 20.1. The van der Waals surface area contributed by atoms with Crippen LogP contribution in [0.2, 0.25) is 0 Å². The Morgan fingerprint density at radius 3 is 2.75 bits per heavy atom. The molecule has 9 nitrogen and oxygen atoms in total. The largest absolute Gasteiger partial charge is 0.339 e. The minimum Gasteiger partial charge on any atom is -0.339 e. The second-order valence-corrected chi connectivity index (χ2v) is 5.18. The van der Waals surface area contributed by atoms with Crippen LogP contribution in [0.15, 0.2) is 34.9 Å². The van der Waals surface area contributed by atoms with Crippen LogP contribution < -0.4 is 10.6 Å². The molecular formula is C15H17N7O2. The lowest BCUT2D eigenvalue weighted by molar-refractivity contribution is 0.251. The molecule has 3 aromatic rings. The summed E-state index contributed by atoms with van der Waals surface area (Å²) in [5.41, 5.74) is 1.08. The molecule has 9 heteroatoms. The number of aryl methyl sites for hydroxylation is 2. The van der Waals surface area contributed by atoms with E-state index in [9.17, 15) is 4.79 Å². The van der Waals surface area contributed by atoms with E-state index in [-0.39, 0.29) is 12.5 Å². The third-order valence-electron chi connectivity index (χ3n) is 3.32. The molecule has 2 heterocycles. The molecule has 0 saturated heterocycles. The first-order valence-corrected chi connectivity index (χ1v) is 7.38. The van der Waals surface area contributed by atoms with Crippen molar-refractivity contribution in [3.05, 3.63) is 53.4 Å². The molecule has 0 fully saturated rings. The first-order chi connectivity index (χ1) is 11.6. The molecule has 0 aliphatic rings. The van der Waals surface area contributed by atoms with Crippen LogP contribution in [0.3, 0.4) is 0 Å². The van der Waals surface area contributed by atoms with E-state index in [2.05, 4.69) is 30.9 Å². The van der Waals surface area contributed by atoms with E-state index in [0.717, 1.165) is 5.56 Å². The Morgan fingerprint density at radius 1 is 1.25 bits per heavy atom. The maximum Gasteiger partial charge on any atom is 0.322 e. The third-order valence-corrected chi connectivity index (χ3v) is 3.32. The lowest BCUT2D eigenvalue weighted by atomic mass is 10.1. The second-order valence-electron chi connectivity index (χ2n) is 5.18. The summed E-state index contributed by atoms with van der Waals surface area (Å²) in [7, 11) is 1.75. The second kappa shape index (κ2) is 6.90. The van der Waals surface area contributed by atoms with Gasteiger partial charge in [0.1, 0.15) is 5.82 Å². The van der Waals surface area contributed by atoms with Gasteiger partial charge in [-0.3, -0.25) is 10.00 Å². The van der Waals surface area contributed by atoms with Crippen LogP contribution in [0, 0.1) is 6.92 Å². The maximum atomic E-state index is 11.8. The van der Waals surface area contributed by atoms with Gasteiger partial charge in [-0.05, 0) is 12.5 Å². The number of hydrogen-bond acceptors (Lipinski definition) is 6. The van der Waals surface area contributed by atoms with Crippen molar-refractivity contribution in [3.63, 3.8) is 0 Å². The van der Waals surface area contributed by atoms with Gasteiger partial charge in [-0.15, -0.1) is 5.10 Å². The van der Waals surface area contributed by atoms with E-state index in [4.69, 9.17) is 4.52 Å². The Kier molecular flexibility index (Phi) is 4.50. The third kappa shape index (κ3) is 3.94. The van der Waals surface area contributed by atoms with Crippen molar-refractivity contribution in [2.75, 3.05) is 5.32 Å². The molecule has 0 spiro atoms. The highest BCUT2D eigenvalue weighted by Crippen LogP contribution is 2.07. The number of aromatic nitrogens is 5. The summed E-state index contributed by atoms with van der Waals surface area (Å²) in [5, 5.41) is 13.1. The van der Waals surface area contributed by atoms with Gasteiger partial charge < -0.3 is 9.84 Å². The summed E-state index contributed by atoms with van der Waals surface area (Å²) in [5.74, 6) is 1.85. The highest BCUT2D eigenvalue weighted by atomic mass is 16.5. The SMILES string of the molecule is Cc1nc(NC(=O)NCc2noc(Cc3ccccc3)n2)nn1C. The fourth-order valence-corrected chi connectivity index (χ4v) is 2.02. The molecule has 0 saturated carbocycles. The number of urea groups is 1. The Morgan fingerprint density at radius 2 is 2.04 bits per heavy atom. The van der Waals surface area contributed by atoms with E-state index in [1.807, 2.05) is 30.3 Å². The molecular weight excluding hydrogens is 310 g/mol. The zero-order chi connectivity index (χ0) is 16.9. The van der Waals surface area contributed by atoms with Crippen LogP contribution >= 0.6 is 0 Å². The fraction of sp³-hybridized carbons (Fsp3) is 0.267. The molecule has 0 unspecified atom stereocenters. The standard InChI is InChI=1S/C15H17N7O2/c1-10-17-14(20-22(10)2)19-15(23)16-9-12-18-13(24-21-12)8-11-6-4-3-5-7-11/h3-7H,8-9H2,1-2H3,(H2,16,19,20,23). The summed E-state index contributed by atoms with van der Waals surface area (Å²) < 4.78 is 6.75. The molecule has 0 aliphatic heterocycles. The van der Waals surface area contributed by atoms with Gasteiger partial charge in [-0.2, -0.15) is 9.97 Å². The first-order valence-electron chi connectivity index (χ1n) is 7.38. The van der Waals surface area contributed by atoms with Gasteiger partial charge in [0, 0.05) is 7.05 Å². The summed E-state index contributed by atoms with van der Waals surface area (Å²) in [6.07, 6.45) is 0.553. The number of nitrogens with zero attached hydrogens (tertiary/aromatic N) is 5. The Hall–Kier alpha value is -3.23. The fourth-order valence-electron chi connectivity index (χ4n) is 2.02. The molecule has 3 rings (SSSR count). The maximum absolute atomic E-state index is 11.8. The molecule has 0 aliphatic carbocycles. The van der Waals surface area contributed by atoms with Gasteiger partial charge >= 0.3 is 6.03 Å². The summed E-state index contributed by atoms with van der Waals surface area (Å²) in [6, 6.07) is 9.38. The van der Waals surface area contributed by atoms with Crippen molar-refractivity contribution in [2.24, 2.45) is 7.05 Å². The van der Waals surface area contributed by atoms with E-state index >= 15 is 0 Å². The van der Waals surface area contributed by atoms with Crippen LogP contribution in [-0.4, -0.2) is 30.9 Å². The van der Waals surface area contributed by atoms with Crippen molar-refractivity contribution in [1.82, 2.24) is 30.2 Å². The normalized spacial score (nSPS) is 10.6. The van der Waals surface area contributed by atoms with Gasteiger partial charge in [0.15, 0.2) is 5.82 Å². The zero-order valence-electron chi connectivity index (χ0n) is 13.4. The van der Waals surface area contributed by atoms with E-state index in [1.54, 1.807) is 18.7 Å². The predicted molar refractivity (Wildman–Crippen MR) is 85.1 cm³/mol. The number of carbonyl (C=O) groups is 1. The molecule has 1 aromatic carbocycles. The van der Waals surface area contributed by atoms with Crippen LogP contribution in [0.25, 0.3) is 0 Å². The molecule has 2 amide bonds. The van der Waals surface area contributed by atoms with Crippen molar-refractivity contribution in [1.29, 1.82) is 0 Å². The summed E-state index contributed by atoms with van der Waals surface area (Å²) >= 11 is 0. The minimum atomic E-state index is -0.435.